The van der Waals surface area contributed by atoms with Crippen LogP contribution < -0.4 is 10.2 Å². The molecule has 0 spiro atoms. The Kier molecular flexibility index (Phi) is 5.45. The van der Waals surface area contributed by atoms with Gasteiger partial charge in [-0.25, -0.2) is 0 Å². The zero-order chi connectivity index (χ0) is 13.7. The lowest BCUT2D eigenvalue weighted by Gasteiger charge is -2.35. The first-order chi connectivity index (χ1) is 9.26. The fourth-order valence-electron chi connectivity index (χ4n) is 2.32. The topological polar surface area (TPSA) is 44.7 Å². The number of nitrogens with zero attached hydrogens (tertiary/aromatic N) is 1. The van der Waals surface area contributed by atoms with Crippen LogP contribution in [0.15, 0.2) is 18.2 Å². The number of aliphatic hydroxyl groups is 1. The van der Waals surface area contributed by atoms with Crippen molar-refractivity contribution in [3.63, 3.8) is 0 Å². The lowest BCUT2D eigenvalue weighted by atomic mass is 10.1. The SMILES string of the molecule is CCNCc1c(Cl)cccc1N1CCOC(CO)C1. The van der Waals surface area contributed by atoms with Gasteiger partial charge in [-0.15, -0.1) is 0 Å². The number of morpholine rings is 1. The van der Waals surface area contributed by atoms with Crippen molar-refractivity contribution in [2.75, 3.05) is 37.7 Å². The van der Waals surface area contributed by atoms with E-state index in [2.05, 4.69) is 23.2 Å². The van der Waals surface area contributed by atoms with E-state index in [-0.39, 0.29) is 12.7 Å². The summed E-state index contributed by atoms with van der Waals surface area (Å²) in [6.07, 6.45) is -0.111. The fraction of sp³-hybridized carbons (Fsp3) is 0.571. The Morgan fingerprint density at radius 1 is 1.53 bits per heavy atom. The molecule has 1 aliphatic rings. The molecule has 1 fully saturated rings. The van der Waals surface area contributed by atoms with Crippen LogP contribution in [0.4, 0.5) is 5.69 Å². The summed E-state index contributed by atoms with van der Waals surface area (Å²) in [4.78, 5) is 2.24. The van der Waals surface area contributed by atoms with Gasteiger partial charge in [0.25, 0.3) is 0 Å². The van der Waals surface area contributed by atoms with E-state index in [0.29, 0.717) is 13.2 Å². The highest BCUT2D eigenvalue weighted by Gasteiger charge is 2.22. The average Bonchev–Trinajstić information content (AvgIpc) is 2.46. The minimum absolute atomic E-state index is 0.0552. The summed E-state index contributed by atoms with van der Waals surface area (Å²) < 4.78 is 5.49. The van der Waals surface area contributed by atoms with Crippen molar-refractivity contribution in [2.45, 2.75) is 19.6 Å². The first kappa shape index (κ1) is 14.6. The second kappa shape index (κ2) is 7.10. The summed E-state index contributed by atoms with van der Waals surface area (Å²) in [7, 11) is 0. The second-order valence-electron chi connectivity index (χ2n) is 4.64. The molecule has 1 aliphatic heterocycles. The van der Waals surface area contributed by atoms with Crippen LogP contribution in [0.2, 0.25) is 5.02 Å². The quantitative estimate of drug-likeness (QED) is 0.863. The zero-order valence-corrected chi connectivity index (χ0v) is 12.0. The van der Waals surface area contributed by atoms with Gasteiger partial charge in [0.05, 0.1) is 19.3 Å². The number of nitrogens with one attached hydrogen (secondary N) is 1. The van der Waals surface area contributed by atoms with E-state index in [0.717, 1.165) is 35.9 Å². The molecule has 1 aromatic rings. The summed E-state index contributed by atoms with van der Waals surface area (Å²) in [5.74, 6) is 0. The molecule has 4 nitrogen and oxygen atoms in total. The lowest BCUT2D eigenvalue weighted by Crippen LogP contribution is -2.44. The van der Waals surface area contributed by atoms with Gasteiger partial charge in [0, 0.05) is 35.9 Å². The van der Waals surface area contributed by atoms with Crippen molar-refractivity contribution < 1.29 is 9.84 Å². The maximum atomic E-state index is 9.23. The van der Waals surface area contributed by atoms with Crippen LogP contribution in [-0.2, 0) is 11.3 Å². The van der Waals surface area contributed by atoms with E-state index in [1.54, 1.807) is 0 Å². The molecule has 0 radical (unpaired) electrons. The molecular formula is C14H21ClN2O2. The minimum atomic E-state index is -0.111. The molecule has 1 atom stereocenters. The van der Waals surface area contributed by atoms with Crippen LogP contribution in [0, 0.1) is 0 Å². The smallest absolute Gasteiger partial charge is 0.0980 e. The Bertz CT molecular complexity index is 414. The van der Waals surface area contributed by atoms with Crippen LogP contribution in [0.5, 0.6) is 0 Å². The number of ether oxygens (including phenoxy) is 1. The van der Waals surface area contributed by atoms with Gasteiger partial charge in [0.2, 0.25) is 0 Å². The Balaban J connectivity index is 2.20. The van der Waals surface area contributed by atoms with E-state index >= 15 is 0 Å². The van der Waals surface area contributed by atoms with Crippen LogP contribution >= 0.6 is 11.6 Å². The molecule has 0 aromatic heterocycles. The second-order valence-corrected chi connectivity index (χ2v) is 5.05. The largest absolute Gasteiger partial charge is 0.394 e. The molecular weight excluding hydrogens is 264 g/mol. The molecule has 2 rings (SSSR count). The molecule has 1 heterocycles. The van der Waals surface area contributed by atoms with E-state index in [9.17, 15) is 5.11 Å². The Morgan fingerprint density at radius 2 is 2.37 bits per heavy atom. The lowest BCUT2D eigenvalue weighted by molar-refractivity contribution is 0.00352. The number of hydrogen-bond donors (Lipinski definition) is 2. The Labute approximate surface area is 119 Å². The molecule has 106 valence electrons. The molecule has 2 N–H and O–H groups in total. The summed E-state index contributed by atoms with van der Waals surface area (Å²) in [5, 5.41) is 13.3. The minimum Gasteiger partial charge on any atom is -0.394 e. The van der Waals surface area contributed by atoms with E-state index in [1.165, 1.54) is 0 Å². The first-order valence-corrected chi connectivity index (χ1v) is 7.09. The summed E-state index contributed by atoms with van der Waals surface area (Å²) >= 11 is 6.31. The highest BCUT2D eigenvalue weighted by molar-refractivity contribution is 6.31. The third kappa shape index (κ3) is 3.60. The molecule has 1 unspecified atom stereocenters. The highest BCUT2D eigenvalue weighted by atomic mass is 35.5. The van der Waals surface area contributed by atoms with Crippen LogP contribution in [0.25, 0.3) is 0 Å². The van der Waals surface area contributed by atoms with Crippen molar-refractivity contribution in [3.8, 4) is 0 Å². The van der Waals surface area contributed by atoms with Crippen molar-refractivity contribution in [3.05, 3.63) is 28.8 Å². The molecule has 0 saturated carbocycles. The van der Waals surface area contributed by atoms with Gasteiger partial charge in [-0.1, -0.05) is 24.6 Å². The van der Waals surface area contributed by atoms with Gasteiger partial charge in [-0.2, -0.15) is 0 Å². The summed E-state index contributed by atoms with van der Waals surface area (Å²) in [5.41, 5.74) is 2.25. The molecule has 1 saturated heterocycles. The van der Waals surface area contributed by atoms with Crippen molar-refractivity contribution in [1.29, 1.82) is 0 Å². The van der Waals surface area contributed by atoms with E-state index in [1.807, 2.05) is 12.1 Å². The summed E-state index contributed by atoms with van der Waals surface area (Å²) in [6.45, 7) is 5.97. The Hall–Kier alpha value is -0.810. The standard InChI is InChI=1S/C14H21ClN2O2/c1-2-16-8-12-13(15)4-3-5-14(12)17-6-7-19-11(9-17)10-18/h3-5,11,16,18H,2,6-10H2,1H3. The first-order valence-electron chi connectivity index (χ1n) is 6.71. The maximum absolute atomic E-state index is 9.23. The number of halogens is 1. The highest BCUT2D eigenvalue weighted by Crippen LogP contribution is 2.28. The van der Waals surface area contributed by atoms with Gasteiger partial charge in [0.15, 0.2) is 0 Å². The van der Waals surface area contributed by atoms with Gasteiger partial charge in [-0.3, -0.25) is 0 Å². The van der Waals surface area contributed by atoms with Crippen molar-refractivity contribution >= 4 is 17.3 Å². The van der Waals surface area contributed by atoms with Crippen LogP contribution in [-0.4, -0.2) is 44.1 Å². The number of aliphatic hydroxyl groups excluding tert-OH is 1. The Morgan fingerprint density at radius 3 is 3.11 bits per heavy atom. The number of benzene rings is 1. The van der Waals surface area contributed by atoms with E-state index in [4.69, 9.17) is 16.3 Å². The van der Waals surface area contributed by atoms with Gasteiger partial charge < -0.3 is 20.1 Å². The van der Waals surface area contributed by atoms with Crippen LogP contribution in [0.3, 0.4) is 0 Å². The molecule has 0 bridgehead atoms. The molecule has 0 amide bonds. The monoisotopic (exact) mass is 284 g/mol. The fourth-order valence-corrected chi connectivity index (χ4v) is 2.55. The third-order valence-electron chi connectivity index (χ3n) is 3.33. The van der Waals surface area contributed by atoms with Crippen molar-refractivity contribution in [1.82, 2.24) is 5.32 Å². The number of hydrogen-bond acceptors (Lipinski definition) is 4. The van der Waals surface area contributed by atoms with E-state index < -0.39 is 0 Å². The predicted molar refractivity (Wildman–Crippen MR) is 77.9 cm³/mol. The average molecular weight is 285 g/mol. The van der Waals surface area contributed by atoms with Gasteiger partial charge in [-0.05, 0) is 18.7 Å². The summed E-state index contributed by atoms with van der Waals surface area (Å²) in [6, 6.07) is 5.97. The molecule has 0 aliphatic carbocycles. The van der Waals surface area contributed by atoms with Gasteiger partial charge >= 0.3 is 0 Å². The molecule has 5 heteroatoms. The normalized spacial score (nSPS) is 19.7. The number of anilines is 1. The van der Waals surface area contributed by atoms with Gasteiger partial charge in [0.1, 0.15) is 0 Å². The number of rotatable bonds is 5. The zero-order valence-electron chi connectivity index (χ0n) is 11.2. The van der Waals surface area contributed by atoms with Crippen LogP contribution in [0.1, 0.15) is 12.5 Å². The molecule has 19 heavy (non-hydrogen) atoms. The van der Waals surface area contributed by atoms with Crippen molar-refractivity contribution in [2.24, 2.45) is 0 Å². The molecule has 1 aromatic carbocycles. The third-order valence-corrected chi connectivity index (χ3v) is 3.68. The predicted octanol–water partition coefficient (Wildman–Crippen LogP) is 1.65. The maximum Gasteiger partial charge on any atom is 0.0980 e.